The molecule has 3 N–H and O–H groups in total. The zero-order valence-electron chi connectivity index (χ0n) is 21.5. The van der Waals surface area contributed by atoms with E-state index >= 15 is 0 Å². The van der Waals surface area contributed by atoms with Crippen LogP contribution in [0, 0.1) is 17.8 Å². The van der Waals surface area contributed by atoms with Gasteiger partial charge >= 0.3 is 5.97 Å². The van der Waals surface area contributed by atoms with Gasteiger partial charge in [0.05, 0.1) is 18.4 Å². The van der Waals surface area contributed by atoms with E-state index in [4.69, 9.17) is 4.74 Å². The lowest BCUT2D eigenvalue weighted by Gasteiger charge is -2.27. The van der Waals surface area contributed by atoms with E-state index in [1.54, 1.807) is 37.6 Å². The molecule has 2 heterocycles. The van der Waals surface area contributed by atoms with Crippen LogP contribution in [0.25, 0.3) is 0 Å². The van der Waals surface area contributed by atoms with Crippen molar-refractivity contribution in [1.82, 2.24) is 16.0 Å². The number of amides is 3. The summed E-state index contributed by atoms with van der Waals surface area (Å²) in [6.07, 6.45) is 4.56. The summed E-state index contributed by atoms with van der Waals surface area (Å²) < 4.78 is 5.67. The first kappa shape index (κ1) is 30.0. The smallest absolute Gasteiger partial charge is 0.329 e. The van der Waals surface area contributed by atoms with Gasteiger partial charge in [-0.15, -0.1) is 0 Å². The first-order valence-electron chi connectivity index (χ1n) is 12.2. The largest absolute Gasteiger partial charge is 0.456 e. The molecule has 2 aliphatic heterocycles. The summed E-state index contributed by atoms with van der Waals surface area (Å²) in [6, 6.07) is -1.78. The molecule has 2 aliphatic rings. The molecule has 3 amide bonds. The van der Waals surface area contributed by atoms with Gasteiger partial charge in [0, 0.05) is 17.9 Å². The van der Waals surface area contributed by atoms with E-state index in [1.807, 2.05) is 19.9 Å². The number of esters is 1. The van der Waals surface area contributed by atoms with Gasteiger partial charge in [0.25, 0.3) is 5.91 Å². The van der Waals surface area contributed by atoms with Crippen LogP contribution >= 0.6 is 21.6 Å². The summed E-state index contributed by atoms with van der Waals surface area (Å²) in [5.74, 6) is -2.59. The van der Waals surface area contributed by atoms with Crippen molar-refractivity contribution in [3.05, 3.63) is 23.9 Å². The van der Waals surface area contributed by atoms with Crippen molar-refractivity contribution < 1.29 is 28.7 Å². The van der Waals surface area contributed by atoms with Gasteiger partial charge in [-0.05, 0) is 31.3 Å². The van der Waals surface area contributed by atoms with Crippen molar-refractivity contribution in [2.75, 3.05) is 11.5 Å². The minimum Gasteiger partial charge on any atom is -0.456 e. The predicted molar refractivity (Wildman–Crippen MR) is 142 cm³/mol. The number of rotatable bonds is 2. The Morgan fingerprint density at radius 3 is 2.31 bits per heavy atom. The Morgan fingerprint density at radius 2 is 1.67 bits per heavy atom. The number of Topliss-reactive ketones (excluding diaryl/α,β-unsaturated/α-hetero) is 1. The molecule has 0 aromatic rings. The van der Waals surface area contributed by atoms with Crippen molar-refractivity contribution in [2.45, 2.75) is 72.1 Å². The lowest BCUT2D eigenvalue weighted by atomic mass is 9.92. The summed E-state index contributed by atoms with van der Waals surface area (Å²) in [6.45, 7) is 8.78. The van der Waals surface area contributed by atoms with Crippen LogP contribution in [-0.4, -0.2) is 59.2 Å². The van der Waals surface area contributed by atoms with Crippen LogP contribution in [-0.2, 0) is 28.7 Å². The van der Waals surface area contributed by atoms with Crippen LogP contribution < -0.4 is 16.0 Å². The fourth-order valence-corrected chi connectivity index (χ4v) is 6.07. The summed E-state index contributed by atoms with van der Waals surface area (Å²) in [5.41, 5.74) is -0.00452. The molecular formula is C25H37N3O6S2. The van der Waals surface area contributed by atoms with E-state index in [2.05, 4.69) is 16.0 Å². The Hall–Kier alpha value is -2.27. The third kappa shape index (κ3) is 8.99. The quantitative estimate of drug-likeness (QED) is 0.211. The van der Waals surface area contributed by atoms with Crippen LogP contribution in [0.1, 0.15) is 53.9 Å². The van der Waals surface area contributed by atoms with E-state index < -0.39 is 47.8 Å². The molecule has 9 nitrogen and oxygen atoms in total. The van der Waals surface area contributed by atoms with Crippen LogP contribution in [0.2, 0.25) is 0 Å². The normalized spacial score (nSPS) is 29.9. The van der Waals surface area contributed by atoms with E-state index in [-0.39, 0.29) is 36.2 Å². The molecule has 11 heteroatoms. The number of nitrogens with one attached hydrogen (secondary N) is 3. The number of ketones is 1. The molecule has 0 aromatic carbocycles. The SMILES string of the molecule is C/C=C1\NC(=O)[C@H]2CSSCC/C=C/[C@H](CC(=O)N[C@H](C(C)C)C(=O)C2)OC(=O)C(C(C)C)NC1=O. The van der Waals surface area contributed by atoms with Crippen molar-refractivity contribution in [3.8, 4) is 0 Å². The van der Waals surface area contributed by atoms with Crippen LogP contribution in [0.15, 0.2) is 23.9 Å². The fourth-order valence-electron chi connectivity index (χ4n) is 3.77. The number of carbonyl (C=O) groups excluding carboxylic acids is 5. The molecule has 0 saturated carbocycles. The molecule has 36 heavy (non-hydrogen) atoms. The Bertz CT molecular complexity index is 902. The van der Waals surface area contributed by atoms with Gasteiger partial charge in [0.2, 0.25) is 11.8 Å². The molecule has 200 valence electrons. The second-order valence-electron chi connectivity index (χ2n) is 9.55. The lowest BCUT2D eigenvalue weighted by Crippen LogP contribution is -2.50. The van der Waals surface area contributed by atoms with Gasteiger partial charge in [-0.3, -0.25) is 19.2 Å². The standard InChI is InChI=1S/C25H37N3O6S2/c1-6-18-24(32)28-22(15(4)5)25(33)34-17-9-7-8-10-35-36-13-16(23(31)26-18)11-19(29)21(14(2)3)27-20(30)12-17/h6-7,9,14-17,21-22H,8,10-13H2,1-5H3,(H,26,31)(H,27,30)(H,28,32)/b9-7+,18-6-/t16-,17-,21-,22?/m1/s1. The van der Waals surface area contributed by atoms with Crippen molar-refractivity contribution in [2.24, 2.45) is 17.8 Å². The molecule has 0 spiro atoms. The van der Waals surface area contributed by atoms with Gasteiger partial charge in [0.15, 0.2) is 5.78 Å². The molecular weight excluding hydrogens is 502 g/mol. The highest BCUT2D eigenvalue weighted by atomic mass is 33.1. The van der Waals surface area contributed by atoms with Gasteiger partial charge in [-0.25, -0.2) is 4.79 Å². The van der Waals surface area contributed by atoms with Gasteiger partial charge in [-0.1, -0.05) is 61.4 Å². The van der Waals surface area contributed by atoms with Crippen LogP contribution in [0.4, 0.5) is 0 Å². The summed E-state index contributed by atoms with van der Waals surface area (Å²) in [4.78, 5) is 65.4. The van der Waals surface area contributed by atoms with Gasteiger partial charge in [-0.2, -0.15) is 0 Å². The maximum absolute atomic E-state index is 13.2. The average Bonchev–Trinajstić information content (AvgIpc) is 2.81. The Balaban J connectivity index is 2.55. The van der Waals surface area contributed by atoms with E-state index in [1.165, 1.54) is 16.9 Å². The number of allylic oxidation sites excluding steroid dienone is 2. The number of fused-ring (bicyclic) bond motifs is 7. The number of hydrogen-bond donors (Lipinski definition) is 3. The first-order chi connectivity index (χ1) is 17.0. The lowest BCUT2D eigenvalue weighted by molar-refractivity contribution is -0.153. The van der Waals surface area contributed by atoms with Crippen LogP contribution in [0.5, 0.6) is 0 Å². The molecule has 0 radical (unpaired) electrons. The summed E-state index contributed by atoms with van der Waals surface area (Å²) in [5, 5.41) is 8.08. The van der Waals surface area contributed by atoms with Crippen LogP contribution in [0.3, 0.4) is 0 Å². The second kappa shape index (κ2) is 14.5. The Morgan fingerprint density at radius 1 is 0.972 bits per heavy atom. The molecule has 1 saturated heterocycles. The van der Waals surface area contributed by atoms with Crippen molar-refractivity contribution in [3.63, 3.8) is 0 Å². The van der Waals surface area contributed by atoms with E-state index in [0.717, 1.165) is 5.75 Å². The van der Waals surface area contributed by atoms with E-state index in [9.17, 15) is 24.0 Å². The molecule has 2 rings (SSSR count). The van der Waals surface area contributed by atoms with Gasteiger partial charge in [0.1, 0.15) is 17.8 Å². The maximum atomic E-state index is 13.2. The third-order valence-electron chi connectivity index (χ3n) is 5.87. The highest BCUT2D eigenvalue weighted by Gasteiger charge is 2.33. The van der Waals surface area contributed by atoms with Crippen molar-refractivity contribution in [1.29, 1.82) is 0 Å². The summed E-state index contributed by atoms with van der Waals surface area (Å²) >= 11 is 0. The monoisotopic (exact) mass is 539 g/mol. The fraction of sp³-hybridized carbons (Fsp3) is 0.640. The highest BCUT2D eigenvalue weighted by molar-refractivity contribution is 8.76. The van der Waals surface area contributed by atoms with Gasteiger partial charge < -0.3 is 20.7 Å². The number of carbonyl (C=O) groups is 5. The predicted octanol–water partition coefficient (Wildman–Crippen LogP) is 2.52. The molecule has 2 bridgehead atoms. The molecule has 1 unspecified atom stereocenters. The molecule has 1 fully saturated rings. The minimum absolute atomic E-state index is 0.00452. The Labute approximate surface area is 220 Å². The number of hydrogen-bond acceptors (Lipinski definition) is 8. The maximum Gasteiger partial charge on any atom is 0.329 e. The zero-order valence-corrected chi connectivity index (χ0v) is 23.1. The summed E-state index contributed by atoms with van der Waals surface area (Å²) in [7, 11) is 3.05. The number of ether oxygens (including phenoxy) is 1. The molecule has 0 aliphatic carbocycles. The van der Waals surface area contributed by atoms with E-state index in [0.29, 0.717) is 12.2 Å². The minimum atomic E-state index is -0.987. The first-order valence-corrected chi connectivity index (χ1v) is 14.7. The second-order valence-corrected chi connectivity index (χ2v) is 12.2. The topological polar surface area (TPSA) is 131 Å². The van der Waals surface area contributed by atoms with Crippen molar-refractivity contribution >= 4 is 51.1 Å². The Kier molecular flexibility index (Phi) is 12.0. The molecule has 4 atom stereocenters. The average molecular weight is 540 g/mol. The zero-order chi connectivity index (χ0) is 26.8. The molecule has 0 aromatic heterocycles. The third-order valence-corrected chi connectivity index (χ3v) is 8.39. The highest BCUT2D eigenvalue weighted by Crippen LogP contribution is 2.27.